The fourth-order valence-corrected chi connectivity index (χ4v) is 2.26. The first-order valence-corrected chi connectivity index (χ1v) is 7.36. The molecule has 0 aliphatic carbocycles. The van der Waals surface area contributed by atoms with Crippen LogP contribution in [0.2, 0.25) is 0 Å². The quantitative estimate of drug-likeness (QED) is 0.852. The Labute approximate surface area is 127 Å². The molecule has 4 heteroatoms. The van der Waals surface area contributed by atoms with Crippen LogP contribution >= 0.6 is 15.9 Å². The Balaban J connectivity index is 2.15. The minimum atomic E-state index is -0.0403. The molecule has 0 aliphatic rings. The van der Waals surface area contributed by atoms with Gasteiger partial charge in [0.1, 0.15) is 5.69 Å². The average Bonchev–Trinajstić information content (AvgIpc) is 2.45. The Hall–Kier alpha value is -1.68. The third-order valence-electron chi connectivity index (χ3n) is 3.07. The lowest BCUT2D eigenvalue weighted by atomic mass is 10.1. The smallest absolute Gasteiger partial charge is 0.272 e. The summed E-state index contributed by atoms with van der Waals surface area (Å²) in [6.45, 7) is 5.30. The third kappa shape index (κ3) is 3.67. The zero-order valence-electron chi connectivity index (χ0n) is 11.6. The average molecular weight is 333 g/mol. The van der Waals surface area contributed by atoms with Crippen molar-refractivity contribution in [1.29, 1.82) is 0 Å². The van der Waals surface area contributed by atoms with E-state index >= 15 is 0 Å². The van der Waals surface area contributed by atoms with Gasteiger partial charge in [-0.15, -0.1) is 0 Å². The van der Waals surface area contributed by atoms with E-state index in [-0.39, 0.29) is 5.91 Å². The van der Waals surface area contributed by atoms with E-state index in [0.717, 1.165) is 10.0 Å². The van der Waals surface area contributed by atoms with Crippen LogP contribution in [0.25, 0.3) is 0 Å². The van der Waals surface area contributed by atoms with Gasteiger partial charge in [0.25, 0.3) is 5.91 Å². The lowest BCUT2D eigenvalue weighted by Gasteiger charge is -2.20. The van der Waals surface area contributed by atoms with Crippen LogP contribution in [-0.2, 0) is 6.54 Å². The van der Waals surface area contributed by atoms with Crippen LogP contribution in [0.3, 0.4) is 0 Å². The number of carbonyl (C=O) groups excluding carboxylic acids is 1. The molecule has 0 saturated heterocycles. The van der Waals surface area contributed by atoms with Crippen molar-refractivity contribution in [1.82, 2.24) is 9.88 Å². The summed E-state index contributed by atoms with van der Waals surface area (Å²) in [6, 6.07) is 11.8. The number of hydrogen-bond donors (Lipinski definition) is 0. The highest BCUT2D eigenvalue weighted by Crippen LogP contribution is 2.12. The van der Waals surface area contributed by atoms with Crippen molar-refractivity contribution in [3.8, 4) is 0 Å². The molecular formula is C16H17BrN2O. The highest BCUT2D eigenvalue weighted by atomic mass is 79.9. The normalized spacial score (nSPS) is 10.3. The zero-order valence-corrected chi connectivity index (χ0v) is 13.2. The first kappa shape index (κ1) is 14.7. The van der Waals surface area contributed by atoms with Crippen molar-refractivity contribution in [2.45, 2.75) is 20.4 Å². The monoisotopic (exact) mass is 332 g/mol. The number of hydrogen-bond acceptors (Lipinski definition) is 2. The molecule has 0 atom stereocenters. The van der Waals surface area contributed by atoms with Crippen LogP contribution in [0.1, 0.15) is 28.5 Å². The molecule has 0 saturated carbocycles. The molecule has 104 valence electrons. The summed E-state index contributed by atoms with van der Waals surface area (Å²) in [6.07, 6.45) is 1.65. The van der Waals surface area contributed by atoms with Crippen LogP contribution in [0.5, 0.6) is 0 Å². The van der Waals surface area contributed by atoms with E-state index in [4.69, 9.17) is 0 Å². The number of aryl methyl sites for hydroxylation is 1. The van der Waals surface area contributed by atoms with Crippen molar-refractivity contribution < 1.29 is 4.79 Å². The maximum Gasteiger partial charge on any atom is 0.272 e. The first-order chi connectivity index (χ1) is 9.60. The molecule has 1 aromatic carbocycles. The van der Waals surface area contributed by atoms with Crippen LogP contribution in [-0.4, -0.2) is 22.3 Å². The summed E-state index contributed by atoms with van der Waals surface area (Å²) < 4.78 is 0.871. The lowest BCUT2D eigenvalue weighted by molar-refractivity contribution is 0.0746. The van der Waals surface area contributed by atoms with Gasteiger partial charge in [0.05, 0.1) is 0 Å². The summed E-state index contributed by atoms with van der Waals surface area (Å²) >= 11 is 3.32. The topological polar surface area (TPSA) is 33.2 Å². The number of rotatable bonds is 4. The molecule has 20 heavy (non-hydrogen) atoms. The van der Waals surface area contributed by atoms with Gasteiger partial charge in [-0.2, -0.15) is 0 Å². The van der Waals surface area contributed by atoms with Crippen molar-refractivity contribution in [3.05, 3.63) is 63.9 Å². The van der Waals surface area contributed by atoms with Crippen molar-refractivity contribution in [3.63, 3.8) is 0 Å². The Kier molecular flexibility index (Phi) is 4.90. The SMILES string of the molecule is CCN(Cc1cccc(C)c1)C(=O)c1ccc(Br)cn1. The van der Waals surface area contributed by atoms with Crippen LogP contribution < -0.4 is 0 Å². The van der Waals surface area contributed by atoms with Gasteiger partial charge in [-0.25, -0.2) is 4.98 Å². The van der Waals surface area contributed by atoms with Gasteiger partial charge in [-0.1, -0.05) is 29.8 Å². The Morgan fingerprint density at radius 2 is 2.10 bits per heavy atom. The Morgan fingerprint density at radius 1 is 1.30 bits per heavy atom. The fraction of sp³-hybridized carbons (Fsp3) is 0.250. The zero-order chi connectivity index (χ0) is 14.5. The number of pyridine rings is 1. The highest BCUT2D eigenvalue weighted by molar-refractivity contribution is 9.10. The van der Waals surface area contributed by atoms with Crippen molar-refractivity contribution in [2.24, 2.45) is 0 Å². The largest absolute Gasteiger partial charge is 0.333 e. The molecule has 1 heterocycles. The second kappa shape index (κ2) is 6.66. The Bertz CT molecular complexity index is 596. The standard InChI is InChI=1S/C16H17BrN2O/c1-3-19(11-13-6-4-5-12(2)9-13)16(20)15-8-7-14(17)10-18-15/h4-10H,3,11H2,1-2H3. The van der Waals surface area contributed by atoms with E-state index in [9.17, 15) is 4.79 Å². The predicted molar refractivity (Wildman–Crippen MR) is 83.5 cm³/mol. The molecule has 0 fully saturated rings. The second-order valence-corrected chi connectivity index (χ2v) is 5.59. The molecular weight excluding hydrogens is 316 g/mol. The van der Waals surface area contributed by atoms with Crippen molar-refractivity contribution in [2.75, 3.05) is 6.54 Å². The predicted octanol–water partition coefficient (Wildman–Crippen LogP) is 3.81. The van der Waals surface area contributed by atoms with Gasteiger partial charge in [0.2, 0.25) is 0 Å². The molecule has 0 N–H and O–H groups in total. The number of benzene rings is 1. The van der Waals surface area contributed by atoms with E-state index in [1.165, 1.54) is 5.56 Å². The third-order valence-corrected chi connectivity index (χ3v) is 3.54. The van der Waals surface area contributed by atoms with Gasteiger partial charge in [-0.3, -0.25) is 4.79 Å². The molecule has 2 aromatic rings. The van der Waals surface area contributed by atoms with Gasteiger partial charge in [0, 0.05) is 23.8 Å². The molecule has 2 rings (SSSR count). The lowest BCUT2D eigenvalue weighted by Crippen LogP contribution is -2.30. The van der Waals surface area contributed by atoms with E-state index < -0.39 is 0 Å². The highest BCUT2D eigenvalue weighted by Gasteiger charge is 2.15. The number of nitrogens with zero attached hydrogens (tertiary/aromatic N) is 2. The van der Waals surface area contributed by atoms with Gasteiger partial charge < -0.3 is 4.90 Å². The maximum absolute atomic E-state index is 12.4. The fourth-order valence-electron chi connectivity index (χ4n) is 2.02. The number of halogens is 1. The van der Waals surface area contributed by atoms with Crippen LogP contribution in [0.4, 0.5) is 0 Å². The first-order valence-electron chi connectivity index (χ1n) is 6.56. The molecule has 0 unspecified atom stereocenters. The summed E-state index contributed by atoms with van der Waals surface area (Å²) in [7, 11) is 0. The van der Waals surface area contributed by atoms with E-state index in [1.807, 2.05) is 25.1 Å². The minimum Gasteiger partial charge on any atom is -0.333 e. The van der Waals surface area contributed by atoms with Crippen LogP contribution in [0.15, 0.2) is 47.1 Å². The molecule has 0 radical (unpaired) electrons. The van der Waals surface area contributed by atoms with Gasteiger partial charge in [0.15, 0.2) is 0 Å². The van der Waals surface area contributed by atoms with E-state index in [0.29, 0.717) is 18.8 Å². The summed E-state index contributed by atoms with van der Waals surface area (Å²) in [5, 5.41) is 0. The second-order valence-electron chi connectivity index (χ2n) is 4.67. The van der Waals surface area contributed by atoms with Gasteiger partial charge in [-0.05, 0) is 47.5 Å². The van der Waals surface area contributed by atoms with E-state index in [1.54, 1.807) is 17.2 Å². The Morgan fingerprint density at radius 3 is 2.70 bits per heavy atom. The maximum atomic E-state index is 12.4. The van der Waals surface area contributed by atoms with Crippen molar-refractivity contribution >= 4 is 21.8 Å². The summed E-state index contributed by atoms with van der Waals surface area (Å²) in [5.74, 6) is -0.0403. The minimum absolute atomic E-state index is 0.0403. The number of amides is 1. The van der Waals surface area contributed by atoms with E-state index in [2.05, 4.69) is 40.0 Å². The molecule has 3 nitrogen and oxygen atoms in total. The number of aromatic nitrogens is 1. The van der Waals surface area contributed by atoms with Gasteiger partial charge >= 0.3 is 0 Å². The van der Waals surface area contributed by atoms with Crippen LogP contribution in [0, 0.1) is 6.92 Å². The molecule has 0 spiro atoms. The molecule has 1 aromatic heterocycles. The molecule has 0 aliphatic heterocycles. The summed E-state index contributed by atoms with van der Waals surface area (Å²) in [4.78, 5) is 18.4. The molecule has 1 amide bonds. The number of carbonyl (C=O) groups is 1. The molecule has 0 bridgehead atoms. The summed E-state index contributed by atoms with van der Waals surface area (Å²) in [5.41, 5.74) is 2.81.